The first kappa shape index (κ1) is 17.4. The van der Waals surface area contributed by atoms with Crippen molar-refractivity contribution >= 4 is 0 Å². The Morgan fingerprint density at radius 3 is 2.22 bits per heavy atom. The van der Waals surface area contributed by atoms with Crippen molar-refractivity contribution < 1.29 is 17.9 Å². The quantitative estimate of drug-likeness (QED) is 0.664. The van der Waals surface area contributed by atoms with E-state index in [0.717, 1.165) is 22.8 Å². The molecule has 23 heavy (non-hydrogen) atoms. The van der Waals surface area contributed by atoms with E-state index in [2.05, 4.69) is 13.8 Å². The van der Waals surface area contributed by atoms with E-state index in [0.29, 0.717) is 23.7 Å². The van der Waals surface area contributed by atoms with Crippen LogP contribution in [0.5, 0.6) is 5.75 Å². The van der Waals surface area contributed by atoms with Gasteiger partial charge in [-0.2, -0.15) is 13.2 Å². The summed E-state index contributed by atoms with van der Waals surface area (Å²) in [5, 5.41) is 0. The molecule has 0 unspecified atom stereocenters. The van der Waals surface area contributed by atoms with Crippen LogP contribution in [0.1, 0.15) is 43.4 Å². The molecule has 0 aliphatic rings. The maximum Gasteiger partial charge on any atom is 0.416 e. The Labute approximate surface area is 135 Å². The van der Waals surface area contributed by atoms with Gasteiger partial charge in [0.25, 0.3) is 0 Å². The molecule has 0 saturated carbocycles. The molecule has 2 rings (SSSR count). The van der Waals surface area contributed by atoms with Crippen molar-refractivity contribution in [3.63, 3.8) is 0 Å². The predicted octanol–water partition coefficient (Wildman–Crippen LogP) is 6.07. The van der Waals surface area contributed by atoms with Crippen LogP contribution in [0.2, 0.25) is 0 Å². The molecule has 124 valence electrons. The highest BCUT2D eigenvalue weighted by Crippen LogP contribution is 2.38. The van der Waals surface area contributed by atoms with E-state index in [9.17, 15) is 13.2 Å². The van der Waals surface area contributed by atoms with Gasteiger partial charge >= 0.3 is 6.18 Å². The third-order valence-electron chi connectivity index (χ3n) is 3.99. The maximum absolute atomic E-state index is 12.9. The van der Waals surface area contributed by atoms with Crippen molar-refractivity contribution in [1.82, 2.24) is 0 Å². The third-order valence-corrected chi connectivity index (χ3v) is 3.99. The molecule has 0 spiro atoms. The minimum Gasteiger partial charge on any atom is -0.496 e. The highest BCUT2D eigenvalue weighted by Gasteiger charge is 2.31. The average Bonchev–Trinajstić information content (AvgIpc) is 2.52. The summed E-state index contributed by atoms with van der Waals surface area (Å²) in [6.45, 7) is 6.02. The van der Waals surface area contributed by atoms with E-state index < -0.39 is 11.7 Å². The van der Waals surface area contributed by atoms with Gasteiger partial charge in [0.1, 0.15) is 5.75 Å². The Morgan fingerprint density at radius 1 is 1.00 bits per heavy atom. The number of benzene rings is 2. The lowest BCUT2D eigenvalue weighted by Gasteiger charge is -2.17. The maximum atomic E-state index is 12.9. The minimum absolute atomic E-state index is 0.333. The van der Waals surface area contributed by atoms with Crippen molar-refractivity contribution in [2.24, 2.45) is 0 Å². The van der Waals surface area contributed by atoms with Crippen LogP contribution in [0.4, 0.5) is 13.2 Å². The number of methoxy groups -OCH3 is 1. The Bertz CT molecular complexity index is 687. The summed E-state index contributed by atoms with van der Waals surface area (Å²) < 4.78 is 44.2. The van der Waals surface area contributed by atoms with Crippen LogP contribution in [0.3, 0.4) is 0 Å². The molecule has 0 amide bonds. The second-order valence-electron chi connectivity index (χ2n) is 5.84. The summed E-state index contributed by atoms with van der Waals surface area (Å²) in [6.07, 6.45) is -3.80. The molecule has 0 radical (unpaired) electrons. The van der Waals surface area contributed by atoms with Gasteiger partial charge in [0.2, 0.25) is 0 Å². The standard InChI is InChI=1S/C19H21F3O/c1-5-13-10-15(19(20,21)22)7-8-16(13)17-11-14(12(2)3)6-9-18(17)23-4/h6-12H,5H2,1-4H3. The van der Waals surface area contributed by atoms with Crippen molar-refractivity contribution in [3.05, 3.63) is 53.1 Å². The first-order valence-electron chi connectivity index (χ1n) is 7.66. The van der Waals surface area contributed by atoms with E-state index in [1.807, 2.05) is 25.1 Å². The summed E-state index contributed by atoms with van der Waals surface area (Å²) in [6, 6.07) is 9.78. The summed E-state index contributed by atoms with van der Waals surface area (Å²) in [5.74, 6) is 1.00. The van der Waals surface area contributed by atoms with Gasteiger partial charge in [-0.3, -0.25) is 0 Å². The summed E-state index contributed by atoms with van der Waals surface area (Å²) in [4.78, 5) is 0. The molecular formula is C19H21F3O. The molecule has 0 N–H and O–H groups in total. The first-order chi connectivity index (χ1) is 10.8. The molecule has 0 aliphatic heterocycles. The lowest BCUT2D eigenvalue weighted by Crippen LogP contribution is -2.06. The van der Waals surface area contributed by atoms with Gasteiger partial charge < -0.3 is 4.74 Å². The topological polar surface area (TPSA) is 9.23 Å². The highest BCUT2D eigenvalue weighted by atomic mass is 19.4. The summed E-state index contributed by atoms with van der Waals surface area (Å²) in [7, 11) is 1.57. The Kier molecular flexibility index (Phi) is 5.03. The lowest BCUT2D eigenvalue weighted by atomic mass is 9.92. The van der Waals surface area contributed by atoms with Crippen LogP contribution in [0.25, 0.3) is 11.1 Å². The fourth-order valence-corrected chi connectivity index (χ4v) is 2.62. The van der Waals surface area contributed by atoms with Crippen molar-refractivity contribution in [1.29, 1.82) is 0 Å². The first-order valence-corrected chi connectivity index (χ1v) is 7.66. The van der Waals surface area contributed by atoms with Crippen LogP contribution >= 0.6 is 0 Å². The Morgan fingerprint density at radius 2 is 1.70 bits per heavy atom. The lowest BCUT2D eigenvalue weighted by molar-refractivity contribution is -0.137. The summed E-state index contributed by atoms with van der Waals surface area (Å²) >= 11 is 0. The molecule has 0 fully saturated rings. The van der Waals surface area contributed by atoms with E-state index in [1.54, 1.807) is 13.2 Å². The second kappa shape index (κ2) is 6.65. The highest BCUT2D eigenvalue weighted by molar-refractivity contribution is 5.74. The van der Waals surface area contributed by atoms with E-state index in [-0.39, 0.29) is 0 Å². The number of rotatable bonds is 4. The number of alkyl halides is 3. The van der Waals surface area contributed by atoms with Crippen LogP contribution in [0, 0.1) is 0 Å². The molecular weight excluding hydrogens is 301 g/mol. The van der Waals surface area contributed by atoms with Gasteiger partial charge in [0, 0.05) is 5.56 Å². The molecule has 1 nitrogen and oxygen atoms in total. The zero-order chi connectivity index (χ0) is 17.2. The van der Waals surface area contributed by atoms with Crippen LogP contribution < -0.4 is 4.74 Å². The van der Waals surface area contributed by atoms with Gasteiger partial charge in [-0.25, -0.2) is 0 Å². The monoisotopic (exact) mass is 322 g/mol. The molecule has 0 heterocycles. The van der Waals surface area contributed by atoms with Crippen LogP contribution in [0.15, 0.2) is 36.4 Å². The molecule has 2 aromatic carbocycles. The zero-order valence-electron chi connectivity index (χ0n) is 13.8. The number of hydrogen-bond donors (Lipinski definition) is 0. The fourth-order valence-electron chi connectivity index (χ4n) is 2.62. The number of aryl methyl sites for hydroxylation is 1. The van der Waals surface area contributed by atoms with E-state index in [4.69, 9.17) is 4.74 Å². The molecule has 0 atom stereocenters. The van der Waals surface area contributed by atoms with Gasteiger partial charge in [-0.05, 0) is 53.3 Å². The van der Waals surface area contributed by atoms with Gasteiger partial charge in [0.05, 0.1) is 12.7 Å². The van der Waals surface area contributed by atoms with E-state index >= 15 is 0 Å². The number of ether oxygens (including phenoxy) is 1. The molecule has 2 aromatic rings. The third kappa shape index (κ3) is 3.69. The molecule has 0 saturated heterocycles. The van der Waals surface area contributed by atoms with Gasteiger partial charge in [-0.1, -0.05) is 32.9 Å². The average molecular weight is 322 g/mol. The second-order valence-corrected chi connectivity index (χ2v) is 5.84. The fraction of sp³-hybridized carbons (Fsp3) is 0.368. The minimum atomic E-state index is -4.33. The van der Waals surface area contributed by atoms with Crippen LogP contribution in [-0.2, 0) is 12.6 Å². The molecule has 0 aliphatic carbocycles. The van der Waals surface area contributed by atoms with Crippen LogP contribution in [-0.4, -0.2) is 7.11 Å². The summed E-state index contributed by atoms with van der Waals surface area (Å²) in [5.41, 5.74) is 2.81. The van der Waals surface area contributed by atoms with Crippen molar-refractivity contribution in [3.8, 4) is 16.9 Å². The zero-order valence-corrected chi connectivity index (χ0v) is 13.8. The molecule has 0 bridgehead atoms. The molecule has 0 aromatic heterocycles. The normalized spacial score (nSPS) is 11.8. The van der Waals surface area contributed by atoms with Gasteiger partial charge in [0.15, 0.2) is 0 Å². The predicted molar refractivity (Wildman–Crippen MR) is 86.9 cm³/mol. The Balaban J connectivity index is 2.63. The largest absolute Gasteiger partial charge is 0.496 e. The number of hydrogen-bond acceptors (Lipinski definition) is 1. The molecule has 4 heteroatoms. The smallest absolute Gasteiger partial charge is 0.416 e. The van der Waals surface area contributed by atoms with Crippen molar-refractivity contribution in [2.45, 2.75) is 39.3 Å². The SMILES string of the molecule is CCc1cc(C(F)(F)F)ccc1-c1cc(C(C)C)ccc1OC. The van der Waals surface area contributed by atoms with Crippen molar-refractivity contribution in [2.75, 3.05) is 7.11 Å². The van der Waals surface area contributed by atoms with Gasteiger partial charge in [-0.15, -0.1) is 0 Å². The van der Waals surface area contributed by atoms with E-state index in [1.165, 1.54) is 6.07 Å². The Hall–Kier alpha value is -1.97. The number of halogens is 3.